The van der Waals surface area contributed by atoms with Gasteiger partial charge in [-0.1, -0.05) is 31.2 Å². The van der Waals surface area contributed by atoms with Crippen molar-refractivity contribution in [3.63, 3.8) is 0 Å². The average molecular weight is 207 g/mol. The Morgan fingerprint density at radius 3 is 2.27 bits per heavy atom. The second-order valence-corrected chi connectivity index (χ2v) is 4.07. The lowest BCUT2D eigenvalue weighted by Gasteiger charge is -2.15. The van der Waals surface area contributed by atoms with Crippen molar-refractivity contribution in [2.45, 2.75) is 39.3 Å². The maximum absolute atomic E-state index is 9.17. The lowest BCUT2D eigenvalue weighted by Crippen LogP contribution is -2.27. The third-order valence-electron chi connectivity index (χ3n) is 2.61. The smallest absolute Gasteiger partial charge is 0.0636 e. The van der Waals surface area contributed by atoms with E-state index in [1.165, 1.54) is 11.1 Å². The van der Waals surface area contributed by atoms with Crippen LogP contribution in [0.4, 0.5) is 0 Å². The summed E-state index contributed by atoms with van der Waals surface area (Å²) in [6, 6.07) is 8.92. The highest BCUT2D eigenvalue weighted by Gasteiger charge is 2.05. The van der Waals surface area contributed by atoms with E-state index in [0.717, 1.165) is 6.42 Å². The van der Waals surface area contributed by atoms with Gasteiger partial charge in [0.2, 0.25) is 0 Å². The molecule has 0 saturated carbocycles. The van der Waals surface area contributed by atoms with Crippen LogP contribution in [0, 0.1) is 0 Å². The SMILES string of the molecule is CCc1ccc([C@H](C)NC[C@@H](C)O)cc1. The van der Waals surface area contributed by atoms with Crippen molar-refractivity contribution in [1.82, 2.24) is 5.32 Å². The monoisotopic (exact) mass is 207 g/mol. The zero-order chi connectivity index (χ0) is 11.3. The molecule has 0 radical (unpaired) electrons. The molecule has 15 heavy (non-hydrogen) atoms. The van der Waals surface area contributed by atoms with Crippen LogP contribution in [-0.2, 0) is 6.42 Å². The maximum atomic E-state index is 9.17. The molecule has 0 spiro atoms. The molecule has 0 heterocycles. The van der Waals surface area contributed by atoms with E-state index in [1.807, 2.05) is 0 Å². The molecular weight excluding hydrogens is 186 g/mol. The summed E-state index contributed by atoms with van der Waals surface area (Å²) in [4.78, 5) is 0. The van der Waals surface area contributed by atoms with E-state index in [-0.39, 0.29) is 6.10 Å². The minimum atomic E-state index is -0.289. The largest absolute Gasteiger partial charge is 0.392 e. The Kier molecular flexibility index (Phi) is 4.79. The summed E-state index contributed by atoms with van der Waals surface area (Å²) in [6.07, 6.45) is 0.790. The first-order valence-electron chi connectivity index (χ1n) is 5.63. The van der Waals surface area contributed by atoms with Crippen LogP contribution in [0.1, 0.15) is 37.9 Å². The molecule has 0 aromatic heterocycles. The summed E-state index contributed by atoms with van der Waals surface area (Å²) in [5.74, 6) is 0. The summed E-state index contributed by atoms with van der Waals surface area (Å²) in [6.45, 7) is 6.70. The Hall–Kier alpha value is -0.860. The summed E-state index contributed by atoms with van der Waals surface area (Å²) in [7, 11) is 0. The Morgan fingerprint density at radius 1 is 1.20 bits per heavy atom. The van der Waals surface area contributed by atoms with E-state index >= 15 is 0 Å². The van der Waals surface area contributed by atoms with Crippen molar-refractivity contribution in [2.24, 2.45) is 0 Å². The fourth-order valence-corrected chi connectivity index (χ4v) is 1.51. The van der Waals surface area contributed by atoms with E-state index < -0.39 is 0 Å². The van der Waals surface area contributed by atoms with Gasteiger partial charge in [-0.25, -0.2) is 0 Å². The van der Waals surface area contributed by atoms with Crippen LogP contribution >= 0.6 is 0 Å². The third kappa shape index (κ3) is 4.02. The van der Waals surface area contributed by atoms with Gasteiger partial charge in [-0.05, 0) is 31.4 Å². The highest BCUT2D eigenvalue weighted by Crippen LogP contribution is 2.13. The number of aliphatic hydroxyl groups is 1. The lowest BCUT2D eigenvalue weighted by molar-refractivity contribution is 0.187. The first-order chi connectivity index (χ1) is 7.13. The molecular formula is C13H21NO. The van der Waals surface area contributed by atoms with Crippen molar-refractivity contribution in [3.8, 4) is 0 Å². The third-order valence-corrected chi connectivity index (χ3v) is 2.61. The van der Waals surface area contributed by atoms with Crippen LogP contribution < -0.4 is 5.32 Å². The van der Waals surface area contributed by atoms with E-state index in [2.05, 4.69) is 43.4 Å². The standard InChI is InChI=1S/C13H21NO/c1-4-12-5-7-13(8-6-12)11(3)14-9-10(2)15/h5-8,10-11,14-15H,4,9H2,1-3H3/t10-,11+/m1/s1. The van der Waals surface area contributed by atoms with E-state index in [4.69, 9.17) is 5.11 Å². The highest BCUT2D eigenvalue weighted by atomic mass is 16.3. The molecule has 0 aliphatic heterocycles. The fourth-order valence-electron chi connectivity index (χ4n) is 1.51. The molecule has 84 valence electrons. The summed E-state index contributed by atoms with van der Waals surface area (Å²) < 4.78 is 0. The highest BCUT2D eigenvalue weighted by molar-refractivity contribution is 5.24. The molecule has 2 N–H and O–H groups in total. The second kappa shape index (κ2) is 5.89. The number of aryl methyl sites for hydroxylation is 1. The Bertz CT molecular complexity index is 279. The maximum Gasteiger partial charge on any atom is 0.0636 e. The van der Waals surface area contributed by atoms with Crippen LogP contribution in [0.25, 0.3) is 0 Å². The molecule has 0 bridgehead atoms. The summed E-state index contributed by atoms with van der Waals surface area (Å²) in [5, 5.41) is 12.5. The minimum Gasteiger partial charge on any atom is -0.392 e. The quantitative estimate of drug-likeness (QED) is 0.776. The number of nitrogens with one attached hydrogen (secondary N) is 1. The Morgan fingerprint density at radius 2 is 1.80 bits per heavy atom. The predicted octanol–water partition coefficient (Wildman–Crippen LogP) is 2.28. The number of hydrogen-bond donors (Lipinski definition) is 2. The van der Waals surface area contributed by atoms with Crippen LogP contribution in [0.15, 0.2) is 24.3 Å². The first kappa shape index (κ1) is 12.2. The molecule has 0 aliphatic rings. The topological polar surface area (TPSA) is 32.3 Å². The van der Waals surface area contributed by atoms with E-state index in [1.54, 1.807) is 6.92 Å². The second-order valence-electron chi connectivity index (χ2n) is 4.07. The predicted molar refractivity (Wildman–Crippen MR) is 63.9 cm³/mol. The molecule has 1 aromatic rings. The number of benzene rings is 1. The van der Waals surface area contributed by atoms with Gasteiger partial charge in [-0.15, -0.1) is 0 Å². The van der Waals surface area contributed by atoms with Crippen molar-refractivity contribution in [3.05, 3.63) is 35.4 Å². The normalized spacial score (nSPS) is 14.9. The molecule has 2 atom stereocenters. The number of aliphatic hydroxyl groups excluding tert-OH is 1. The molecule has 0 amide bonds. The van der Waals surface area contributed by atoms with Crippen molar-refractivity contribution in [1.29, 1.82) is 0 Å². The summed E-state index contributed by atoms with van der Waals surface area (Å²) >= 11 is 0. The molecule has 2 nitrogen and oxygen atoms in total. The van der Waals surface area contributed by atoms with Crippen LogP contribution in [0.2, 0.25) is 0 Å². The van der Waals surface area contributed by atoms with E-state index in [9.17, 15) is 0 Å². The van der Waals surface area contributed by atoms with Crippen molar-refractivity contribution >= 4 is 0 Å². The van der Waals surface area contributed by atoms with Gasteiger partial charge in [0.1, 0.15) is 0 Å². The summed E-state index contributed by atoms with van der Waals surface area (Å²) in [5.41, 5.74) is 2.63. The van der Waals surface area contributed by atoms with Crippen LogP contribution in [0.3, 0.4) is 0 Å². The van der Waals surface area contributed by atoms with Crippen molar-refractivity contribution in [2.75, 3.05) is 6.54 Å². The molecule has 0 fully saturated rings. The van der Waals surface area contributed by atoms with Crippen LogP contribution in [0.5, 0.6) is 0 Å². The van der Waals surface area contributed by atoms with Crippen molar-refractivity contribution < 1.29 is 5.11 Å². The Labute approximate surface area is 92.3 Å². The van der Waals surface area contributed by atoms with Gasteiger partial charge in [0.05, 0.1) is 6.10 Å². The minimum absolute atomic E-state index is 0.289. The van der Waals surface area contributed by atoms with Gasteiger partial charge in [0, 0.05) is 12.6 Å². The van der Waals surface area contributed by atoms with Gasteiger partial charge >= 0.3 is 0 Å². The van der Waals surface area contributed by atoms with Gasteiger partial charge in [0.25, 0.3) is 0 Å². The first-order valence-corrected chi connectivity index (χ1v) is 5.63. The molecule has 2 heteroatoms. The molecule has 0 unspecified atom stereocenters. The lowest BCUT2D eigenvalue weighted by atomic mass is 10.0. The molecule has 0 saturated heterocycles. The molecule has 0 aliphatic carbocycles. The van der Waals surface area contributed by atoms with Gasteiger partial charge in [-0.3, -0.25) is 0 Å². The van der Waals surface area contributed by atoms with Gasteiger partial charge in [-0.2, -0.15) is 0 Å². The van der Waals surface area contributed by atoms with Crippen LogP contribution in [-0.4, -0.2) is 17.8 Å². The fraction of sp³-hybridized carbons (Fsp3) is 0.538. The zero-order valence-corrected chi connectivity index (χ0v) is 9.83. The number of rotatable bonds is 5. The average Bonchev–Trinajstić information content (AvgIpc) is 2.26. The molecule has 1 aromatic carbocycles. The van der Waals surface area contributed by atoms with E-state index in [0.29, 0.717) is 12.6 Å². The zero-order valence-electron chi connectivity index (χ0n) is 9.83. The Balaban J connectivity index is 2.54. The van der Waals surface area contributed by atoms with Gasteiger partial charge in [0.15, 0.2) is 0 Å². The van der Waals surface area contributed by atoms with Gasteiger partial charge < -0.3 is 10.4 Å². The number of hydrogen-bond acceptors (Lipinski definition) is 2. The molecule has 1 rings (SSSR count).